The Balaban J connectivity index is 0.00000320. The molecule has 2 aromatic rings. The summed E-state index contributed by atoms with van der Waals surface area (Å²) in [4.78, 5) is 4.78. The Morgan fingerprint density at radius 3 is 2.37 bits per heavy atom. The molecule has 1 aliphatic carbocycles. The van der Waals surface area contributed by atoms with Crippen LogP contribution in [0.4, 0.5) is 4.39 Å². The average molecular weight is 546 g/mol. The molecular weight excluding hydrogens is 518 g/mol. The molecule has 2 aromatic carbocycles. The standard InChI is InChI=1S/C21H27FN4O2S.HI/c1-2-24-20(25-14-11-16-7-9-17(10-8-16)29(23,27)28)26-15-21(12-13-21)18-5-3-4-6-19(18)22;/h3-10H,2,11-15H2,1H3,(H2,23,27,28)(H2,24,25,26);1H. The monoisotopic (exact) mass is 546 g/mol. The summed E-state index contributed by atoms with van der Waals surface area (Å²) in [5, 5.41) is 11.6. The maximum absolute atomic E-state index is 14.2. The van der Waals surface area contributed by atoms with Gasteiger partial charge >= 0.3 is 0 Å². The van der Waals surface area contributed by atoms with Gasteiger partial charge in [-0.1, -0.05) is 30.3 Å². The normalized spacial score (nSPS) is 15.2. The van der Waals surface area contributed by atoms with Crippen LogP contribution in [0.1, 0.15) is 30.9 Å². The molecule has 0 aliphatic heterocycles. The van der Waals surface area contributed by atoms with Gasteiger partial charge in [-0.2, -0.15) is 0 Å². The van der Waals surface area contributed by atoms with Crippen molar-refractivity contribution in [3.63, 3.8) is 0 Å². The third kappa shape index (κ3) is 6.39. The molecule has 0 bridgehead atoms. The molecule has 30 heavy (non-hydrogen) atoms. The van der Waals surface area contributed by atoms with E-state index in [1.165, 1.54) is 18.2 Å². The summed E-state index contributed by atoms with van der Waals surface area (Å²) in [7, 11) is -3.67. The van der Waals surface area contributed by atoms with Gasteiger partial charge < -0.3 is 10.6 Å². The Kier molecular flexibility index (Phi) is 8.62. The van der Waals surface area contributed by atoms with Crippen molar-refractivity contribution >= 4 is 40.0 Å². The highest BCUT2D eigenvalue weighted by Crippen LogP contribution is 2.49. The average Bonchev–Trinajstić information content (AvgIpc) is 3.47. The van der Waals surface area contributed by atoms with E-state index >= 15 is 0 Å². The predicted octanol–water partition coefficient (Wildman–Crippen LogP) is 2.92. The molecule has 0 unspecified atom stereocenters. The summed E-state index contributed by atoms with van der Waals surface area (Å²) in [6.45, 7) is 3.88. The van der Waals surface area contributed by atoms with Crippen molar-refractivity contribution in [2.45, 2.75) is 36.5 Å². The van der Waals surface area contributed by atoms with Crippen LogP contribution in [0.15, 0.2) is 58.4 Å². The third-order valence-corrected chi connectivity index (χ3v) is 6.07. The second-order valence-corrected chi connectivity index (χ2v) is 8.88. The lowest BCUT2D eigenvalue weighted by molar-refractivity contribution is 0.572. The maximum atomic E-state index is 14.2. The SMILES string of the molecule is CCNC(=NCC1(c2ccccc2F)CC1)NCCc1ccc(S(N)(=O)=O)cc1.I. The molecule has 164 valence electrons. The van der Waals surface area contributed by atoms with Crippen LogP contribution in [0.2, 0.25) is 0 Å². The number of sulfonamides is 1. The number of aliphatic imine (C=N–C) groups is 1. The van der Waals surface area contributed by atoms with Crippen LogP contribution >= 0.6 is 24.0 Å². The third-order valence-electron chi connectivity index (χ3n) is 5.14. The van der Waals surface area contributed by atoms with Crippen molar-refractivity contribution < 1.29 is 12.8 Å². The summed E-state index contributed by atoms with van der Waals surface area (Å²) in [6.07, 6.45) is 2.58. The molecule has 1 fully saturated rings. The van der Waals surface area contributed by atoms with Gasteiger partial charge in [-0.3, -0.25) is 4.99 Å². The number of hydrogen-bond donors (Lipinski definition) is 3. The van der Waals surface area contributed by atoms with Gasteiger partial charge in [0.15, 0.2) is 5.96 Å². The molecule has 0 radical (unpaired) electrons. The van der Waals surface area contributed by atoms with E-state index < -0.39 is 10.0 Å². The number of nitrogens with zero attached hydrogens (tertiary/aromatic N) is 1. The van der Waals surface area contributed by atoms with Crippen molar-refractivity contribution in [2.75, 3.05) is 19.6 Å². The van der Waals surface area contributed by atoms with Gasteiger partial charge in [0, 0.05) is 18.5 Å². The van der Waals surface area contributed by atoms with E-state index in [4.69, 9.17) is 5.14 Å². The molecule has 0 heterocycles. The van der Waals surface area contributed by atoms with Crippen LogP contribution in [-0.2, 0) is 21.9 Å². The number of guanidine groups is 1. The lowest BCUT2D eigenvalue weighted by Crippen LogP contribution is -2.39. The zero-order valence-electron chi connectivity index (χ0n) is 16.9. The van der Waals surface area contributed by atoms with E-state index in [2.05, 4.69) is 15.6 Å². The highest BCUT2D eigenvalue weighted by atomic mass is 127. The zero-order valence-corrected chi connectivity index (χ0v) is 20.0. The Morgan fingerprint density at radius 2 is 1.80 bits per heavy atom. The summed E-state index contributed by atoms with van der Waals surface area (Å²) in [5.41, 5.74) is 1.54. The fourth-order valence-corrected chi connectivity index (χ4v) is 3.81. The lowest BCUT2D eigenvalue weighted by Gasteiger charge is -2.16. The number of hydrogen-bond acceptors (Lipinski definition) is 3. The molecule has 0 aromatic heterocycles. The van der Waals surface area contributed by atoms with E-state index in [9.17, 15) is 12.8 Å². The molecule has 3 rings (SSSR count). The summed E-state index contributed by atoms with van der Waals surface area (Å²) in [5.74, 6) is 0.525. The Hall–Kier alpha value is -1.72. The number of nitrogens with one attached hydrogen (secondary N) is 2. The van der Waals surface area contributed by atoms with Crippen molar-refractivity contribution in [3.8, 4) is 0 Å². The Labute approximate surface area is 194 Å². The van der Waals surface area contributed by atoms with Gasteiger partial charge in [0.25, 0.3) is 0 Å². The fourth-order valence-electron chi connectivity index (χ4n) is 3.30. The van der Waals surface area contributed by atoms with Crippen molar-refractivity contribution in [2.24, 2.45) is 10.1 Å². The largest absolute Gasteiger partial charge is 0.357 e. The maximum Gasteiger partial charge on any atom is 0.238 e. The molecule has 0 amide bonds. The van der Waals surface area contributed by atoms with E-state index in [0.717, 1.165) is 30.5 Å². The van der Waals surface area contributed by atoms with Crippen LogP contribution in [0, 0.1) is 5.82 Å². The summed E-state index contributed by atoms with van der Waals surface area (Å²) < 4.78 is 36.8. The summed E-state index contributed by atoms with van der Waals surface area (Å²) >= 11 is 0. The summed E-state index contributed by atoms with van der Waals surface area (Å²) in [6, 6.07) is 13.5. The van der Waals surface area contributed by atoms with E-state index in [-0.39, 0.29) is 40.1 Å². The number of benzene rings is 2. The van der Waals surface area contributed by atoms with Crippen LogP contribution < -0.4 is 15.8 Å². The van der Waals surface area contributed by atoms with Gasteiger partial charge in [0.2, 0.25) is 10.0 Å². The highest BCUT2D eigenvalue weighted by Gasteiger charge is 2.45. The van der Waals surface area contributed by atoms with Gasteiger partial charge in [0.1, 0.15) is 5.82 Å². The predicted molar refractivity (Wildman–Crippen MR) is 128 cm³/mol. The molecule has 9 heteroatoms. The first-order valence-corrected chi connectivity index (χ1v) is 11.3. The number of halogens is 2. The van der Waals surface area contributed by atoms with Gasteiger partial charge in [0.05, 0.1) is 11.4 Å². The Bertz CT molecular complexity index is 977. The molecular formula is C21H28FIN4O2S. The molecule has 0 atom stereocenters. The van der Waals surface area contributed by atoms with Gasteiger partial charge in [-0.25, -0.2) is 17.9 Å². The first kappa shape index (κ1) is 24.5. The topological polar surface area (TPSA) is 96.6 Å². The van der Waals surface area contributed by atoms with Gasteiger partial charge in [-0.05, 0) is 55.5 Å². The first-order valence-electron chi connectivity index (χ1n) is 9.73. The molecule has 0 spiro atoms. The number of nitrogens with two attached hydrogens (primary N) is 1. The van der Waals surface area contributed by atoms with E-state index in [1.54, 1.807) is 18.2 Å². The molecule has 1 aliphatic rings. The van der Waals surface area contributed by atoms with Crippen LogP contribution in [0.3, 0.4) is 0 Å². The number of primary sulfonamides is 1. The molecule has 1 saturated carbocycles. The van der Waals surface area contributed by atoms with E-state index in [0.29, 0.717) is 25.5 Å². The van der Waals surface area contributed by atoms with Crippen molar-refractivity contribution in [3.05, 3.63) is 65.5 Å². The first-order chi connectivity index (χ1) is 13.8. The van der Waals surface area contributed by atoms with Crippen LogP contribution in [0.25, 0.3) is 0 Å². The fraction of sp³-hybridized carbons (Fsp3) is 0.381. The van der Waals surface area contributed by atoms with Crippen molar-refractivity contribution in [1.29, 1.82) is 0 Å². The minimum Gasteiger partial charge on any atom is -0.357 e. The molecule has 4 N–H and O–H groups in total. The van der Waals surface area contributed by atoms with Crippen LogP contribution in [0.5, 0.6) is 0 Å². The Morgan fingerprint density at radius 1 is 1.13 bits per heavy atom. The van der Waals surface area contributed by atoms with Crippen LogP contribution in [-0.4, -0.2) is 34.0 Å². The molecule has 6 nitrogen and oxygen atoms in total. The minimum atomic E-state index is -3.67. The second kappa shape index (κ2) is 10.5. The second-order valence-electron chi connectivity index (χ2n) is 7.32. The van der Waals surface area contributed by atoms with Crippen molar-refractivity contribution in [1.82, 2.24) is 10.6 Å². The number of rotatable bonds is 8. The smallest absolute Gasteiger partial charge is 0.238 e. The molecule has 0 saturated heterocycles. The quantitative estimate of drug-likeness (QED) is 0.270. The lowest BCUT2D eigenvalue weighted by atomic mass is 9.95. The minimum absolute atomic E-state index is 0. The zero-order chi connectivity index (χ0) is 20.9. The highest BCUT2D eigenvalue weighted by molar-refractivity contribution is 14.0. The van der Waals surface area contributed by atoms with Gasteiger partial charge in [-0.15, -0.1) is 24.0 Å². The van der Waals surface area contributed by atoms with E-state index in [1.807, 2.05) is 19.1 Å².